The van der Waals surface area contributed by atoms with E-state index in [-0.39, 0.29) is 24.0 Å². The topological polar surface area (TPSA) is 61.9 Å². The maximum absolute atomic E-state index is 15.6. The summed E-state index contributed by atoms with van der Waals surface area (Å²) in [4.78, 5) is 28.5. The number of piperidine rings is 1. The first-order chi connectivity index (χ1) is 16.1. The highest BCUT2D eigenvalue weighted by atomic mass is 19.1. The first-order valence-electron chi connectivity index (χ1n) is 12.0. The monoisotopic (exact) mass is 467 g/mol. The van der Waals surface area contributed by atoms with Crippen LogP contribution in [-0.2, 0) is 21.8 Å². The van der Waals surface area contributed by atoms with Gasteiger partial charge in [-0.2, -0.15) is 0 Å². The number of carbonyl (C=O) groups is 2. The molecular formula is C27H34FN3O3. The molecule has 0 aliphatic carbocycles. The van der Waals surface area contributed by atoms with E-state index in [1.165, 1.54) is 4.90 Å². The van der Waals surface area contributed by atoms with Gasteiger partial charge in [-0.15, -0.1) is 0 Å². The molecule has 2 aliphatic rings. The molecule has 0 saturated carbocycles. The van der Waals surface area contributed by atoms with E-state index in [0.717, 1.165) is 18.7 Å². The van der Waals surface area contributed by atoms with Crippen molar-refractivity contribution in [3.63, 3.8) is 0 Å². The van der Waals surface area contributed by atoms with Gasteiger partial charge in [0.1, 0.15) is 12.3 Å². The Bertz CT molecular complexity index is 990. The average Bonchev–Trinajstić information content (AvgIpc) is 2.77. The normalized spacial score (nSPS) is 18.8. The third kappa shape index (κ3) is 5.58. The largest absolute Gasteiger partial charge is 0.445 e. The molecule has 4 rings (SSSR count). The number of alkyl halides is 1. The number of carbonyl (C=O) groups excluding carboxylic acids is 2. The van der Waals surface area contributed by atoms with Crippen molar-refractivity contribution in [1.29, 1.82) is 0 Å². The number of rotatable bonds is 5. The van der Waals surface area contributed by atoms with Crippen LogP contribution in [0.1, 0.15) is 44.7 Å². The molecule has 34 heavy (non-hydrogen) atoms. The number of hydrogen-bond acceptors (Lipinski definition) is 4. The minimum Gasteiger partial charge on any atom is -0.445 e. The summed E-state index contributed by atoms with van der Waals surface area (Å²) in [5.74, 6) is -0.425. The van der Waals surface area contributed by atoms with Crippen LogP contribution in [0.15, 0.2) is 54.6 Å². The van der Waals surface area contributed by atoms with E-state index in [0.29, 0.717) is 37.2 Å². The van der Waals surface area contributed by atoms with Gasteiger partial charge in [-0.1, -0.05) is 42.5 Å². The van der Waals surface area contributed by atoms with Gasteiger partial charge in [0.15, 0.2) is 0 Å². The highest BCUT2D eigenvalue weighted by Crippen LogP contribution is 2.39. The van der Waals surface area contributed by atoms with E-state index in [1.54, 1.807) is 24.3 Å². The van der Waals surface area contributed by atoms with Gasteiger partial charge >= 0.3 is 6.09 Å². The lowest BCUT2D eigenvalue weighted by molar-refractivity contribution is -0.124. The highest BCUT2D eigenvalue weighted by molar-refractivity contribution is 5.94. The predicted octanol–water partition coefficient (Wildman–Crippen LogP) is 4.95. The van der Waals surface area contributed by atoms with Gasteiger partial charge in [0.25, 0.3) is 0 Å². The fourth-order valence-corrected chi connectivity index (χ4v) is 4.52. The lowest BCUT2D eigenvalue weighted by Gasteiger charge is -2.43. The Labute approximate surface area is 201 Å². The van der Waals surface area contributed by atoms with E-state index in [2.05, 4.69) is 31.0 Å². The molecule has 0 radical (unpaired) electrons. The Kier molecular flexibility index (Phi) is 6.94. The van der Waals surface area contributed by atoms with Crippen LogP contribution in [0.2, 0.25) is 0 Å². The van der Waals surface area contributed by atoms with Crippen LogP contribution in [0, 0.1) is 5.92 Å². The second-order valence-electron chi connectivity index (χ2n) is 10.3. The molecule has 2 aromatic rings. The summed E-state index contributed by atoms with van der Waals surface area (Å²) in [6.45, 7) is 8.80. The van der Waals surface area contributed by atoms with Crippen LogP contribution in [0.5, 0.6) is 0 Å². The van der Waals surface area contributed by atoms with Gasteiger partial charge in [0.05, 0.1) is 5.92 Å². The molecule has 2 fully saturated rings. The second-order valence-corrected chi connectivity index (χ2v) is 10.3. The SMILES string of the molecule is CC(C)(C)N1CCC(F)(c2ccc(NC(=O)C3CN(C(=O)OCc4ccccc4)C3)cc2)CC1. The van der Waals surface area contributed by atoms with Crippen molar-refractivity contribution >= 4 is 17.7 Å². The summed E-state index contributed by atoms with van der Waals surface area (Å²) >= 11 is 0. The third-order valence-corrected chi connectivity index (χ3v) is 6.89. The van der Waals surface area contributed by atoms with Crippen LogP contribution in [-0.4, -0.2) is 53.5 Å². The fourth-order valence-electron chi connectivity index (χ4n) is 4.52. The molecule has 0 spiro atoms. The van der Waals surface area contributed by atoms with Gasteiger partial charge < -0.3 is 15.0 Å². The smallest absolute Gasteiger partial charge is 0.410 e. The van der Waals surface area contributed by atoms with Crippen molar-refractivity contribution in [2.75, 3.05) is 31.5 Å². The van der Waals surface area contributed by atoms with Gasteiger partial charge in [0.2, 0.25) is 5.91 Å². The van der Waals surface area contributed by atoms with Crippen LogP contribution in [0.25, 0.3) is 0 Å². The Morgan fingerprint density at radius 1 is 1.03 bits per heavy atom. The number of nitrogens with zero attached hydrogens (tertiary/aromatic N) is 2. The number of anilines is 1. The van der Waals surface area contributed by atoms with E-state index in [4.69, 9.17) is 4.74 Å². The Morgan fingerprint density at radius 3 is 2.24 bits per heavy atom. The van der Waals surface area contributed by atoms with Crippen LogP contribution in [0.3, 0.4) is 0 Å². The van der Waals surface area contributed by atoms with Gasteiger partial charge in [-0.3, -0.25) is 9.69 Å². The van der Waals surface area contributed by atoms with E-state index in [1.807, 2.05) is 30.3 Å². The van der Waals surface area contributed by atoms with Gasteiger partial charge in [-0.25, -0.2) is 9.18 Å². The number of benzene rings is 2. The Balaban J connectivity index is 1.23. The van der Waals surface area contributed by atoms with Gasteiger partial charge in [0, 0.05) is 37.4 Å². The van der Waals surface area contributed by atoms with E-state index in [9.17, 15) is 9.59 Å². The van der Waals surface area contributed by atoms with Crippen molar-refractivity contribution < 1.29 is 18.7 Å². The van der Waals surface area contributed by atoms with Crippen LogP contribution >= 0.6 is 0 Å². The quantitative estimate of drug-likeness (QED) is 0.676. The number of halogens is 1. The number of amides is 2. The highest BCUT2D eigenvalue weighted by Gasteiger charge is 2.39. The molecule has 2 heterocycles. The number of nitrogens with one attached hydrogen (secondary N) is 1. The summed E-state index contributed by atoms with van der Waals surface area (Å²) in [6, 6.07) is 16.5. The third-order valence-electron chi connectivity index (χ3n) is 6.89. The number of ether oxygens (including phenoxy) is 1. The first-order valence-corrected chi connectivity index (χ1v) is 12.0. The molecule has 0 aromatic heterocycles. The zero-order chi connectivity index (χ0) is 24.3. The molecule has 0 unspecified atom stereocenters. The lowest BCUT2D eigenvalue weighted by atomic mass is 9.84. The maximum atomic E-state index is 15.6. The standard InChI is InChI=1S/C27H34FN3O3/c1-26(2,3)31-15-13-27(28,14-16-31)22-9-11-23(12-10-22)29-24(32)21-17-30(18-21)25(33)34-19-20-7-5-4-6-8-20/h4-12,21H,13-19H2,1-3H3,(H,29,32). The molecule has 182 valence electrons. The van der Waals surface area contributed by atoms with Crippen molar-refractivity contribution in [2.24, 2.45) is 5.92 Å². The molecule has 2 amide bonds. The number of hydrogen-bond donors (Lipinski definition) is 1. The number of likely N-dealkylation sites (tertiary alicyclic amines) is 2. The first kappa shape index (κ1) is 24.2. The Hall–Kier alpha value is -2.93. The van der Waals surface area contributed by atoms with Crippen LogP contribution in [0.4, 0.5) is 14.9 Å². The minimum atomic E-state index is -1.33. The second kappa shape index (κ2) is 9.74. The molecular weight excluding hydrogens is 433 g/mol. The molecule has 0 bridgehead atoms. The van der Waals surface area contributed by atoms with E-state index < -0.39 is 11.8 Å². The summed E-state index contributed by atoms with van der Waals surface area (Å²) < 4.78 is 20.9. The summed E-state index contributed by atoms with van der Waals surface area (Å²) in [5.41, 5.74) is 0.929. The van der Waals surface area contributed by atoms with Crippen molar-refractivity contribution in [2.45, 2.75) is 51.4 Å². The molecule has 1 N–H and O–H groups in total. The van der Waals surface area contributed by atoms with Crippen LogP contribution < -0.4 is 5.32 Å². The van der Waals surface area contributed by atoms with Gasteiger partial charge in [-0.05, 0) is 56.9 Å². The minimum absolute atomic E-state index is 0.0468. The van der Waals surface area contributed by atoms with E-state index >= 15 is 4.39 Å². The average molecular weight is 468 g/mol. The zero-order valence-electron chi connectivity index (χ0n) is 20.2. The molecule has 0 atom stereocenters. The lowest BCUT2D eigenvalue weighted by Crippen LogP contribution is -2.54. The molecule has 7 heteroatoms. The summed E-state index contributed by atoms with van der Waals surface area (Å²) in [6.07, 6.45) is 0.519. The fraction of sp³-hybridized carbons (Fsp3) is 0.481. The predicted molar refractivity (Wildman–Crippen MR) is 130 cm³/mol. The summed E-state index contributed by atoms with van der Waals surface area (Å²) in [5, 5.41) is 2.88. The molecule has 6 nitrogen and oxygen atoms in total. The molecule has 2 saturated heterocycles. The zero-order valence-corrected chi connectivity index (χ0v) is 20.2. The van der Waals surface area contributed by atoms with Crippen molar-refractivity contribution in [1.82, 2.24) is 9.80 Å². The van der Waals surface area contributed by atoms with Crippen molar-refractivity contribution in [3.05, 3.63) is 65.7 Å². The molecule has 2 aliphatic heterocycles. The van der Waals surface area contributed by atoms with Crippen molar-refractivity contribution in [3.8, 4) is 0 Å². The summed E-state index contributed by atoms with van der Waals surface area (Å²) in [7, 11) is 0. The maximum Gasteiger partial charge on any atom is 0.410 e. The Morgan fingerprint density at radius 2 is 1.65 bits per heavy atom. The molecule has 2 aromatic carbocycles.